The van der Waals surface area contributed by atoms with Crippen molar-refractivity contribution in [3.8, 4) is 0 Å². The molecule has 3 nitrogen and oxygen atoms in total. The zero-order valence-corrected chi connectivity index (χ0v) is 11.8. The first-order chi connectivity index (χ1) is 9.07. The Balaban J connectivity index is 2.14. The summed E-state index contributed by atoms with van der Waals surface area (Å²) in [6.45, 7) is 1.25. The summed E-state index contributed by atoms with van der Waals surface area (Å²) in [5, 5.41) is 0.516. The monoisotopic (exact) mass is 287 g/mol. The van der Waals surface area contributed by atoms with Crippen LogP contribution in [0.25, 0.3) is 0 Å². The van der Waals surface area contributed by atoms with Gasteiger partial charge in [-0.2, -0.15) is 0 Å². The number of hydrogen-bond donors (Lipinski definition) is 1. The summed E-state index contributed by atoms with van der Waals surface area (Å²) >= 11 is 5.90. The standard InChI is InChI=1S/C14H19ClFNO2/c1-18-14(4-6-19-7-5-14)13(17)9-10-8-11(15)2-3-12(10)16/h2-3,8,13H,4-7,9,17H2,1H3. The fraction of sp³-hybridized carbons (Fsp3) is 0.571. The maximum Gasteiger partial charge on any atom is 0.126 e. The molecule has 1 atom stereocenters. The van der Waals surface area contributed by atoms with Crippen molar-refractivity contribution in [2.24, 2.45) is 5.73 Å². The molecule has 19 heavy (non-hydrogen) atoms. The zero-order chi connectivity index (χ0) is 13.9. The van der Waals surface area contributed by atoms with E-state index in [0.29, 0.717) is 30.2 Å². The summed E-state index contributed by atoms with van der Waals surface area (Å²) < 4.78 is 24.7. The number of halogens is 2. The molecular formula is C14H19ClFNO2. The lowest BCUT2D eigenvalue weighted by Gasteiger charge is -2.40. The lowest BCUT2D eigenvalue weighted by atomic mass is 9.83. The van der Waals surface area contributed by atoms with Gasteiger partial charge in [-0.25, -0.2) is 4.39 Å². The summed E-state index contributed by atoms with van der Waals surface area (Å²) in [4.78, 5) is 0. The summed E-state index contributed by atoms with van der Waals surface area (Å²) in [6, 6.07) is 4.24. The summed E-state index contributed by atoms with van der Waals surface area (Å²) in [5.74, 6) is -0.279. The third kappa shape index (κ3) is 3.26. The van der Waals surface area contributed by atoms with Crippen molar-refractivity contribution in [2.75, 3.05) is 20.3 Å². The molecule has 0 radical (unpaired) electrons. The topological polar surface area (TPSA) is 44.5 Å². The fourth-order valence-corrected chi connectivity index (χ4v) is 2.76. The minimum absolute atomic E-state index is 0.279. The number of nitrogens with two attached hydrogens (primary N) is 1. The van der Waals surface area contributed by atoms with Gasteiger partial charge in [0.1, 0.15) is 5.82 Å². The summed E-state index contributed by atoms with van der Waals surface area (Å²) in [6.07, 6.45) is 1.86. The van der Waals surface area contributed by atoms with Gasteiger partial charge in [0, 0.05) is 44.2 Å². The van der Waals surface area contributed by atoms with Gasteiger partial charge in [0.05, 0.1) is 5.60 Å². The Labute approximate surface area is 117 Å². The predicted octanol–water partition coefficient (Wildman–Crippen LogP) is 2.54. The van der Waals surface area contributed by atoms with E-state index in [-0.39, 0.29) is 11.9 Å². The third-order valence-electron chi connectivity index (χ3n) is 3.87. The van der Waals surface area contributed by atoms with Crippen LogP contribution in [0.5, 0.6) is 0 Å². The van der Waals surface area contributed by atoms with E-state index in [1.54, 1.807) is 13.2 Å². The maximum absolute atomic E-state index is 13.7. The van der Waals surface area contributed by atoms with Crippen molar-refractivity contribution < 1.29 is 13.9 Å². The molecule has 1 aromatic carbocycles. The molecule has 0 aromatic heterocycles. The minimum atomic E-state index is -0.437. The van der Waals surface area contributed by atoms with Crippen LogP contribution in [0.1, 0.15) is 18.4 Å². The quantitative estimate of drug-likeness (QED) is 0.925. The van der Waals surface area contributed by atoms with Gasteiger partial charge in [0.15, 0.2) is 0 Å². The Hall–Kier alpha value is -0.680. The molecule has 1 aliphatic rings. The molecule has 1 heterocycles. The lowest BCUT2D eigenvalue weighted by Crippen LogP contribution is -2.54. The number of hydrogen-bond acceptors (Lipinski definition) is 3. The molecule has 1 unspecified atom stereocenters. The van der Waals surface area contributed by atoms with Gasteiger partial charge >= 0.3 is 0 Å². The largest absolute Gasteiger partial charge is 0.381 e. The Kier molecular flexibility index (Phi) is 4.79. The molecule has 0 bridgehead atoms. The first-order valence-corrected chi connectivity index (χ1v) is 6.77. The Bertz CT molecular complexity index is 435. The van der Waals surface area contributed by atoms with Gasteiger partial charge in [-0.05, 0) is 30.2 Å². The summed E-state index contributed by atoms with van der Waals surface area (Å²) in [5.41, 5.74) is 6.35. The fourth-order valence-electron chi connectivity index (χ4n) is 2.57. The second-order valence-electron chi connectivity index (χ2n) is 4.93. The van der Waals surface area contributed by atoms with Crippen LogP contribution in [-0.2, 0) is 15.9 Å². The van der Waals surface area contributed by atoms with Gasteiger partial charge < -0.3 is 15.2 Å². The molecule has 1 fully saturated rings. The smallest absolute Gasteiger partial charge is 0.126 e. The zero-order valence-electron chi connectivity index (χ0n) is 11.0. The Morgan fingerprint density at radius 3 is 2.79 bits per heavy atom. The second-order valence-corrected chi connectivity index (χ2v) is 5.36. The molecule has 106 valence electrons. The average Bonchev–Trinajstić information content (AvgIpc) is 2.43. The van der Waals surface area contributed by atoms with E-state index in [9.17, 15) is 4.39 Å². The molecule has 0 aliphatic carbocycles. The van der Waals surface area contributed by atoms with Gasteiger partial charge in [0.2, 0.25) is 0 Å². The van der Waals surface area contributed by atoms with Gasteiger partial charge in [0.25, 0.3) is 0 Å². The van der Waals surface area contributed by atoms with Crippen LogP contribution in [0.3, 0.4) is 0 Å². The van der Waals surface area contributed by atoms with Crippen LogP contribution in [0, 0.1) is 5.82 Å². The molecule has 0 amide bonds. The SMILES string of the molecule is COC1(C(N)Cc2cc(Cl)ccc2F)CCOCC1. The molecule has 5 heteroatoms. The number of methoxy groups -OCH3 is 1. The van der Waals surface area contributed by atoms with Crippen LogP contribution in [-0.4, -0.2) is 32.0 Å². The van der Waals surface area contributed by atoms with E-state index in [1.165, 1.54) is 12.1 Å². The third-order valence-corrected chi connectivity index (χ3v) is 4.10. The van der Waals surface area contributed by atoms with Gasteiger partial charge in [-0.15, -0.1) is 0 Å². The Morgan fingerprint density at radius 2 is 2.16 bits per heavy atom. The molecular weight excluding hydrogens is 269 g/mol. The summed E-state index contributed by atoms with van der Waals surface area (Å²) in [7, 11) is 1.65. The molecule has 0 saturated carbocycles. The highest BCUT2D eigenvalue weighted by molar-refractivity contribution is 6.30. The highest BCUT2D eigenvalue weighted by Crippen LogP contribution is 2.29. The van der Waals surface area contributed by atoms with Crippen LogP contribution < -0.4 is 5.73 Å². The highest BCUT2D eigenvalue weighted by Gasteiger charge is 2.38. The molecule has 2 rings (SSSR count). The number of benzene rings is 1. The van der Waals surface area contributed by atoms with E-state index in [4.69, 9.17) is 26.8 Å². The van der Waals surface area contributed by atoms with E-state index in [0.717, 1.165) is 12.8 Å². The predicted molar refractivity (Wildman–Crippen MR) is 72.9 cm³/mol. The van der Waals surface area contributed by atoms with Crippen LogP contribution in [0.15, 0.2) is 18.2 Å². The molecule has 1 aromatic rings. The minimum Gasteiger partial charge on any atom is -0.381 e. The molecule has 1 saturated heterocycles. The number of ether oxygens (including phenoxy) is 2. The average molecular weight is 288 g/mol. The van der Waals surface area contributed by atoms with Gasteiger partial charge in [-0.3, -0.25) is 0 Å². The molecule has 1 aliphatic heterocycles. The van der Waals surface area contributed by atoms with Crippen LogP contribution in [0.4, 0.5) is 4.39 Å². The normalized spacial score (nSPS) is 20.2. The molecule has 0 spiro atoms. The van der Waals surface area contributed by atoms with Crippen molar-refractivity contribution in [3.05, 3.63) is 34.6 Å². The lowest BCUT2D eigenvalue weighted by molar-refractivity contribution is -0.103. The molecule has 2 N–H and O–H groups in total. The van der Waals surface area contributed by atoms with Crippen LogP contribution in [0.2, 0.25) is 5.02 Å². The number of rotatable bonds is 4. The van der Waals surface area contributed by atoms with Crippen LogP contribution >= 0.6 is 11.6 Å². The van der Waals surface area contributed by atoms with E-state index >= 15 is 0 Å². The van der Waals surface area contributed by atoms with Crippen molar-refractivity contribution in [2.45, 2.75) is 30.9 Å². The van der Waals surface area contributed by atoms with Gasteiger partial charge in [-0.1, -0.05) is 11.6 Å². The Morgan fingerprint density at radius 1 is 1.47 bits per heavy atom. The second kappa shape index (κ2) is 6.18. The van der Waals surface area contributed by atoms with Crippen molar-refractivity contribution in [1.29, 1.82) is 0 Å². The van der Waals surface area contributed by atoms with Crippen molar-refractivity contribution in [1.82, 2.24) is 0 Å². The first-order valence-electron chi connectivity index (χ1n) is 6.40. The van der Waals surface area contributed by atoms with Crippen molar-refractivity contribution in [3.63, 3.8) is 0 Å². The van der Waals surface area contributed by atoms with E-state index in [1.807, 2.05) is 0 Å². The highest BCUT2D eigenvalue weighted by atomic mass is 35.5. The maximum atomic E-state index is 13.7. The van der Waals surface area contributed by atoms with E-state index < -0.39 is 5.60 Å². The van der Waals surface area contributed by atoms with Crippen molar-refractivity contribution >= 4 is 11.6 Å². The van der Waals surface area contributed by atoms with E-state index in [2.05, 4.69) is 0 Å². The first kappa shape index (κ1) is 14.7.